The molecule has 0 aliphatic carbocycles. The fourth-order valence-corrected chi connectivity index (χ4v) is 1.64. The van der Waals surface area contributed by atoms with Gasteiger partial charge in [0.05, 0.1) is 0 Å². The van der Waals surface area contributed by atoms with E-state index < -0.39 is 0 Å². The van der Waals surface area contributed by atoms with Gasteiger partial charge in [0, 0.05) is 31.7 Å². The van der Waals surface area contributed by atoms with Crippen molar-refractivity contribution in [1.82, 2.24) is 9.80 Å². The highest BCUT2D eigenvalue weighted by Crippen LogP contribution is 2.19. The van der Waals surface area contributed by atoms with Gasteiger partial charge in [0.15, 0.2) is 0 Å². The van der Waals surface area contributed by atoms with Crippen molar-refractivity contribution < 1.29 is 0 Å². The molecule has 1 aliphatic heterocycles. The molecule has 1 saturated heterocycles. The quantitative estimate of drug-likeness (QED) is 0.618. The number of hydrogen-bond acceptors (Lipinski definition) is 2. The normalized spacial score (nSPS) is 23.0. The summed E-state index contributed by atoms with van der Waals surface area (Å²) in [5.74, 6) is 0. The van der Waals surface area contributed by atoms with Crippen LogP contribution in [0, 0.1) is 0 Å². The number of hydrogen-bond donors (Lipinski definition) is 0. The molecule has 0 N–H and O–H groups in total. The second-order valence-corrected chi connectivity index (χ2v) is 4.46. The Labute approximate surface area is 76.5 Å². The van der Waals surface area contributed by atoms with Gasteiger partial charge in [0.25, 0.3) is 0 Å². The number of likely N-dealkylation sites (N-methyl/N-ethyl adjacent to an activating group) is 1. The third-order valence-corrected chi connectivity index (χ3v) is 3.22. The monoisotopic (exact) mass is 170 g/mol. The summed E-state index contributed by atoms with van der Waals surface area (Å²) in [5.41, 5.74) is 0.404. The van der Waals surface area contributed by atoms with E-state index in [-0.39, 0.29) is 0 Å². The number of nitrogens with zero attached hydrogens (tertiary/aromatic N) is 2. The lowest BCUT2D eigenvalue weighted by atomic mass is 9.98. The Morgan fingerprint density at radius 3 is 2.00 bits per heavy atom. The van der Waals surface area contributed by atoms with Crippen molar-refractivity contribution in [3.8, 4) is 0 Å². The van der Waals surface area contributed by atoms with Gasteiger partial charge < -0.3 is 4.90 Å². The Morgan fingerprint density at radius 1 is 1.08 bits per heavy atom. The van der Waals surface area contributed by atoms with Crippen LogP contribution < -0.4 is 0 Å². The minimum absolute atomic E-state index is 0.404. The van der Waals surface area contributed by atoms with Crippen LogP contribution in [0.3, 0.4) is 0 Å². The summed E-state index contributed by atoms with van der Waals surface area (Å²) in [7, 11) is 2.20. The molecule has 0 atom stereocenters. The van der Waals surface area contributed by atoms with Crippen LogP contribution in [0.25, 0.3) is 0 Å². The topological polar surface area (TPSA) is 6.48 Å². The van der Waals surface area contributed by atoms with Crippen LogP contribution in [0.1, 0.15) is 27.2 Å². The standard InChI is InChI=1S/C10H22N2/c1-5-10(2,3)12-8-6-11(4)7-9-12/h5-9H2,1-4H3. The molecule has 1 rings (SSSR count). The van der Waals surface area contributed by atoms with Gasteiger partial charge >= 0.3 is 0 Å². The van der Waals surface area contributed by atoms with Crippen molar-refractivity contribution in [3.05, 3.63) is 0 Å². The Balaban J connectivity index is 2.44. The van der Waals surface area contributed by atoms with Crippen molar-refractivity contribution in [1.29, 1.82) is 0 Å². The van der Waals surface area contributed by atoms with Gasteiger partial charge in [-0.3, -0.25) is 4.90 Å². The zero-order chi connectivity index (χ0) is 9.19. The Kier molecular flexibility index (Phi) is 3.13. The molecule has 0 unspecified atom stereocenters. The minimum atomic E-state index is 0.404. The third-order valence-electron chi connectivity index (χ3n) is 3.22. The second-order valence-electron chi connectivity index (χ2n) is 4.46. The zero-order valence-corrected chi connectivity index (χ0v) is 8.93. The molecule has 2 heteroatoms. The molecule has 0 bridgehead atoms. The lowest BCUT2D eigenvalue weighted by Crippen LogP contribution is -2.53. The molecule has 0 aromatic heterocycles. The van der Waals surface area contributed by atoms with E-state index in [0.717, 1.165) is 0 Å². The summed E-state index contributed by atoms with van der Waals surface area (Å²) < 4.78 is 0. The molecule has 0 amide bonds. The first-order chi connectivity index (χ1) is 5.56. The Morgan fingerprint density at radius 2 is 1.58 bits per heavy atom. The number of rotatable bonds is 2. The summed E-state index contributed by atoms with van der Waals surface area (Å²) in [6.45, 7) is 11.9. The average Bonchev–Trinajstić information content (AvgIpc) is 2.05. The van der Waals surface area contributed by atoms with Crippen molar-refractivity contribution >= 4 is 0 Å². The van der Waals surface area contributed by atoms with E-state index in [1.807, 2.05) is 0 Å². The molecule has 1 fully saturated rings. The molecule has 0 aromatic carbocycles. The molecule has 1 aliphatic rings. The van der Waals surface area contributed by atoms with E-state index in [0.29, 0.717) is 5.54 Å². The highest BCUT2D eigenvalue weighted by atomic mass is 15.3. The fraction of sp³-hybridized carbons (Fsp3) is 1.00. The third kappa shape index (κ3) is 2.20. The maximum absolute atomic E-state index is 2.60. The minimum Gasteiger partial charge on any atom is -0.304 e. The summed E-state index contributed by atoms with van der Waals surface area (Å²) in [5, 5.41) is 0. The molecule has 0 radical (unpaired) electrons. The lowest BCUT2D eigenvalue weighted by molar-refractivity contribution is 0.0598. The van der Waals surface area contributed by atoms with Crippen LogP contribution in [0.4, 0.5) is 0 Å². The zero-order valence-electron chi connectivity index (χ0n) is 8.93. The molecule has 1 heterocycles. The van der Waals surface area contributed by atoms with E-state index in [9.17, 15) is 0 Å². The average molecular weight is 170 g/mol. The fourth-order valence-electron chi connectivity index (χ4n) is 1.64. The van der Waals surface area contributed by atoms with Crippen molar-refractivity contribution in [3.63, 3.8) is 0 Å². The van der Waals surface area contributed by atoms with Crippen LogP contribution in [0.2, 0.25) is 0 Å². The molecule has 12 heavy (non-hydrogen) atoms. The van der Waals surface area contributed by atoms with Crippen molar-refractivity contribution in [2.75, 3.05) is 33.2 Å². The van der Waals surface area contributed by atoms with Crippen molar-refractivity contribution in [2.24, 2.45) is 0 Å². The second kappa shape index (κ2) is 3.75. The Bertz CT molecular complexity index is 135. The summed E-state index contributed by atoms with van der Waals surface area (Å²) in [4.78, 5) is 5.01. The van der Waals surface area contributed by atoms with E-state index >= 15 is 0 Å². The van der Waals surface area contributed by atoms with Gasteiger partial charge in [-0.15, -0.1) is 0 Å². The predicted molar refractivity (Wildman–Crippen MR) is 53.4 cm³/mol. The van der Waals surface area contributed by atoms with E-state index in [4.69, 9.17) is 0 Å². The molecule has 0 saturated carbocycles. The smallest absolute Gasteiger partial charge is 0.0151 e. The first-order valence-electron chi connectivity index (χ1n) is 5.00. The van der Waals surface area contributed by atoms with Gasteiger partial charge in [-0.2, -0.15) is 0 Å². The Hall–Kier alpha value is -0.0800. The first kappa shape index (κ1) is 10.0. The molecule has 0 spiro atoms. The predicted octanol–water partition coefficient (Wildman–Crippen LogP) is 1.42. The van der Waals surface area contributed by atoms with Crippen LogP contribution in [0.15, 0.2) is 0 Å². The number of piperazine rings is 1. The van der Waals surface area contributed by atoms with Crippen LogP contribution >= 0.6 is 0 Å². The summed E-state index contributed by atoms with van der Waals surface area (Å²) in [6, 6.07) is 0. The van der Waals surface area contributed by atoms with Gasteiger partial charge in [0.2, 0.25) is 0 Å². The van der Waals surface area contributed by atoms with Gasteiger partial charge in [-0.25, -0.2) is 0 Å². The molecular weight excluding hydrogens is 148 g/mol. The maximum atomic E-state index is 2.60. The molecular formula is C10H22N2. The summed E-state index contributed by atoms with van der Waals surface area (Å²) >= 11 is 0. The maximum Gasteiger partial charge on any atom is 0.0151 e. The van der Waals surface area contributed by atoms with E-state index in [1.165, 1.54) is 32.6 Å². The molecule has 0 aromatic rings. The highest BCUT2D eigenvalue weighted by Gasteiger charge is 2.26. The molecule has 72 valence electrons. The van der Waals surface area contributed by atoms with Crippen molar-refractivity contribution in [2.45, 2.75) is 32.7 Å². The van der Waals surface area contributed by atoms with Gasteiger partial charge in [-0.1, -0.05) is 6.92 Å². The molecule has 2 nitrogen and oxygen atoms in total. The SMILES string of the molecule is CCC(C)(C)N1CCN(C)CC1. The lowest BCUT2D eigenvalue weighted by Gasteiger charge is -2.42. The highest BCUT2D eigenvalue weighted by molar-refractivity contribution is 4.83. The van der Waals surface area contributed by atoms with Gasteiger partial charge in [0.1, 0.15) is 0 Å². The first-order valence-corrected chi connectivity index (χ1v) is 5.00. The largest absolute Gasteiger partial charge is 0.304 e. The van der Waals surface area contributed by atoms with Crippen LogP contribution in [0.5, 0.6) is 0 Å². The summed E-state index contributed by atoms with van der Waals surface area (Å²) in [6.07, 6.45) is 1.25. The van der Waals surface area contributed by atoms with E-state index in [1.54, 1.807) is 0 Å². The van der Waals surface area contributed by atoms with Crippen LogP contribution in [-0.4, -0.2) is 48.6 Å². The van der Waals surface area contributed by atoms with Crippen LogP contribution in [-0.2, 0) is 0 Å². The van der Waals surface area contributed by atoms with Gasteiger partial charge in [-0.05, 0) is 27.3 Å². The van der Waals surface area contributed by atoms with E-state index in [2.05, 4.69) is 37.6 Å².